The second-order valence-electron chi connectivity index (χ2n) is 2.28. The summed E-state index contributed by atoms with van der Waals surface area (Å²) in [6.45, 7) is 0.674. The van der Waals surface area contributed by atoms with Gasteiger partial charge in [0.15, 0.2) is 0 Å². The molecule has 1 aromatic rings. The predicted molar refractivity (Wildman–Crippen MR) is 45.9 cm³/mol. The van der Waals surface area contributed by atoms with Crippen molar-refractivity contribution in [1.82, 2.24) is 5.32 Å². The van der Waals surface area contributed by atoms with E-state index in [1.165, 1.54) is 0 Å². The van der Waals surface area contributed by atoms with E-state index in [1.54, 1.807) is 12.1 Å². The summed E-state index contributed by atoms with van der Waals surface area (Å²) in [5.74, 6) is 0.138. The van der Waals surface area contributed by atoms with Crippen molar-refractivity contribution in [3.05, 3.63) is 28.8 Å². The molecule has 0 bridgehead atoms. The molecule has 0 radical (unpaired) electrons. The van der Waals surface area contributed by atoms with Gasteiger partial charge in [-0.3, -0.25) is 0 Å². The van der Waals surface area contributed by atoms with Crippen LogP contribution in [0, 0.1) is 0 Å². The zero-order chi connectivity index (χ0) is 8.27. The van der Waals surface area contributed by atoms with Gasteiger partial charge in [-0.05, 0) is 18.7 Å². The number of halogens is 1. The lowest BCUT2D eigenvalue weighted by atomic mass is 10.2. The fourth-order valence-electron chi connectivity index (χ4n) is 0.893. The number of rotatable bonds is 2. The predicted octanol–water partition coefficient (Wildman–Crippen LogP) is 1.77. The van der Waals surface area contributed by atoms with Gasteiger partial charge in [0.2, 0.25) is 0 Å². The normalized spacial score (nSPS) is 10.0. The van der Waals surface area contributed by atoms with Crippen molar-refractivity contribution in [2.24, 2.45) is 0 Å². The monoisotopic (exact) mass is 171 g/mol. The molecule has 3 heteroatoms. The van der Waals surface area contributed by atoms with Gasteiger partial charge in [-0.25, -0.2) is 0 Å². The second-order valence-corrected chi connectivity index (χ2v) is 2.66. The summed E-state index contributed by atoms with van der Waals surface area (Å²) in [4.78, 5) is 0. The summed E-state index contributed by atoms with van der Waals surface area (Å²) in [5, 5.41) is 12.6. The van der Waals surface area contributed by atoms with Crippen LogP contribution in [-0.2, 0) is 6.54 Å². The van der Waals surface area contributed by atoms with Crippen molar-refractivity contribution in [2.75, 3.05) is 7.05 Å². The molecule has 0 aliphatic carbocycles. The minimum atomic E-state index is 0.138. The topological polar surface area (TPSA) is 32.3 Å². The highest BCUT2D eigenvalue weighted by molar-refractivity contribution is 6.32. The molecule has 11 heavy (non-hydrogen) atoms. The standard InChI is InChI=1S/C8H10ClNO/c1-10-5-6-3-2-4-7(11)8(6)9/h2-4,10-11H,5H2,1H3. The van der Waals surface area contributed by atoms with E-state index in [-0.39, 0.29) is 5.75 Å². The molecule has 0 saturated heterocycles. The van der Waals surface area contributed by atoms with Crippen LogP contribution in [0.2, 0.25) is 5.02 Å². The number of benzene rings is 1. The third-order valence-corrected chi connectivity index (χ3v) is 1.86. The zero-order valence-electron chi connectivity index (χ0n) is 6.26. The van der Waals surface area contributed by atoms with Crippen molar-refractivity contribution in [2.45, 2.75) is 6.54 Å². The largest absolute Gasteiger partial charge is 0.506 e. The van der Waals surface area contributed by atoms with Gasteiger partial charge in [0.1, 0.15) is 5.75 Å². The number of phenolic OH excluding ortho intramolecular Hbond substituents is 1. The third kappa shape index (κ3) is 1.85. The van der Waals surface area contributed by atoms with E-state index < -0.39 is 0 Å². The third-order valence-electron chi connectivity index (χ3n) is 1.43. The van der Waals surface area contributed by atoms with Crippen LogP contribution >= 0.6 is 11.6 Å². The van der Waals surface area contributed by atoms with Gasteiger partial charge in [-0.2, -0.15) is 0 Å². The van der Waals surface area contributed by atoms with E-state index in [0.717, 1.165) is 5.56 Å². The van der Waals surface area contributed by atoms with Gasteiger partial charge in [0, 0.05) is 6.54 Å². The lowest BCUT2D eigenvalue weighted by Crippen LogP contribution is -2.05. The van der Waals surface area contributed by atoms with E-state index in [0.29, 0.717) is 11.6 Å². The average Bonchev–Trinajstić information content (AvgIpc) is 1.99. The molecule has 60 valence electrons. The van der Waals surface area contributed by atoms with Gasteiger partial charge < -0.3 is 10.4 Å². The Balaban J connectivity index is 2.96. The van der Waals surface area contributed by atoms with Crippen molar-refractivity contribution in [3.63, 3.8) is 0 Å². The zero-order valence-corrected chi connectivity index (χ0v) is 7.02. The molecule has 2 nitrogen and oxygen atoms in total. The van der Waals surface area contributed by atoms with Crippen LogP contribution in [0.1, 0.15) is 5.56 Å². The Kier molecular flexibility index (Phi) is 2.74. The molecule has 0 unspecified atom stereocenters. The molecule has 0 atom stereocenters. The Morgan fingerprint density at radius 3 is 2.91 bits per heavy atom. The summed E-state index contributed by atoms with van der Waals surface area (Å²) < 4.78 is 0. The number of nitrogens with one attached hydrogen (secondary N) is 1. The lowest BCUT2D eigenvalue weighted by Gasteiger charge is -2.03. The van der Waals surface area contributed by atoms with Crippen LogP contribution in [0.5, 0.6) is 5.75 Å². The molecule has 0 aliphatic heterocycles. The van der Waals surface area contributed by atoms with E-state index in [9.17, 15) is 0 Å². The molecular formula is C8H10ClNO. The number of hydrogen-bond donors (Lipinski definition) is 2. The van der Waals surface area contributed by atoms with Gasteiger partial charge in [-0.1, -0.05) is 23.7 Å². The first-order valence-corrected chi connectivity index (χ1v) is 3.74. The summed E-state index contributed by atoms with van der Waals surface area (Å²) >= 11 is 5.78. The van der Waals surface area contributed by atoms with Crippen molar-refractivity contribution in [1.29, 1.82) is 0 Å². The molecular weight excluding hydrogens is 162 g/mol. The highest BCUT2D eigenvalue weighted by Gasteiger charge is 2.02. The van der Waals surface area contributed by atoms with E-state index in [2.05, 4.69) is 5.32 Å². The first-order chi connectivity index (χ1) is 5.25. The molecule has 0 aromatic heterocycles. The molecule has 1 aromatic carbocycles. The average molecular weight is 172 g/mol. The van der Waals surface area contributed by atoms with Crippen LogP contribution in [0.4, 0.5) is 0 Å². The highest BCUT2D eigenvalue weighted by atomic mass is 35.5. The number of phenols is 1. The van der Waals surface area contributed by atoms with Gasteiger partial charge in [0.05, 0.1) is 5.02 Å². The first kappa shape index (κ1) is 8.37. The maximum absolute atomic E-state index is 9.17. The van der Waals surface area contributed by atoms with Crippen molar-refractivity contribution < 1.29 is 5.11 Å². The van der Waals surface area contributed by atoms with Crippen LogP contribution in [0.3, 0.4) is 0 Å². The fraction of sp³-hybridized carbons (Fsp3) is 0.250. The smallest absolute Gasteiger partial charge is 0.134 e. The quantitative estimate of drug-likeness (QED) is 0.711. The Morgan fingerprint density at radius 2 is 2.27 bits per heavy atom. The van der Waals surface area contributed by atoms with Crippen LogP contribution in [0.15, 0.2) is 18.2 Å². The first-order valence-electron chi connectivity index (χ1n) is 3.36. The maximum Gasteiger partial charge on any atom is 0.134 e. The maximum atomic E-state index is 9.17. The number of aromatic hydroxyl groups is 1. The highest BCUT2D eigenvalue weighted by Crippen LogP contribution is 2.26. The Hall–Kier alpha value is -0.730. The molecule has 1 rings (SSSR count). The van der Waals surface area contributed by atoms with Crippen LogP contribution in [-0.4, -0.2) is 12.2 Å². The molecule has 0 aliphatic rings. The molecule has 0 heterocycles. The van der Waals surface area contributed by atoms with Crippen LogP contribution in [0.25, 0.3) is 0 Å². The molecule has 0 saturated carbocycles. The minimum absolute atomic E-state index is 0.138. The Labute approximate surface area is 70.8 Å². The van der Waals surface area contributed by atoms with Gasteiger partial charge >= 0.3 is 0 Å². The van der Waals surface area contributed by atoms with E-state index in [4.69, 9.17) is 16.7 Å². The summed E-state index contributed by atoms with van der Waals surface area (Å²) in [6, 6.07) is 5.22. The molecule has 0 fully saturated rings. The number of hydrogen-bond acceptors (Lipinski definition) is 2. The molecule has 0 amide bonds. The fourth-order valence-corrected chi connectivity index (χ4v) is 1.09. The van der Waals surface area contributed by atoms with Crippen molar-refractivity contribution >= 4 is 11.6 Å². The summed E-state index contributed by atoms with van der Waals surface area (Å²) in [6.07, 6.45) is 0. The molecule has 2 N–H and O–H groups in total. The summed E-state index contributed by atoms with van der Waals surface area (Å²) in [5.41, 5.74) is 0.911. The van der Waals surface area contributed by atoms with E-state index in [1.807, 2.05) is 13.1 Å². The van der Waals surface area contributed by atoms with E-state index >= 15 is 0 Å². The Morgan fingerprint density at radius 1 is 1.55 bits per heavy atom. The second kappa shape index (κ2) is 3.60. The van der Waals surface area contributed by atoms with Gasteiger partial charge in [0.25, 0.3) is 0 Å². The molecule has 0 spiro atoms. The van der Waals surface area contributed by atoms with Crippen molar-refractivity contribution in [3.8, 4) is 5.75 Å². The SMILES string of the molecule is CNCc1cccc(O)c1Cl. The Bertz CT molecular complexity index is 250. The van der Waals surface area contributed by atoms with Gasteiger partial charge in [-0.15, -0.1) is 0 Å². The lowest BCUT2D eigenvalue weighted by molar-refractivity contribution is 0.474. The van der Waals surface area contributed by atoms with Crippen LogP contribution < -0.4 is 5.32 Å². The minimum Gasteiger partial charge on any atom is -0.506 e. The summed E-state index contributed by atoms with van der Waals surface area (Å²) in [7, 11) is 1.83.